The molecule has 3 nitrogen and oxygen atoms in total. The fourth-order valence-electron chi connectivity index (χ4n) is 3.81. The number of carbonyl (C=O) groups excluding carboxylic acids is 1. The predicted molar refractivity (Wildman–Crippen MR) is 67.8 cm³/mol. The molecule has 1 N–H and O–H groups in total. The van der Waals surface area contributed by atoms with Crippen molar-refractivity contribution >= 4 is 5.97 Å². The minimum Gasteiger partial charge on any atom is -0.454 e. The third-order valence-corrected chi connectivity index (χ3v) is 5.03. The molecule has 0 amide bonds. The van der Waals surface area contributed by atoms with E-state index in [4.69, 9.17) is 4.74 Å². The lowest BCUT2D eigenvalue weighted by molar-refractivity contribution is -0.142. The van der Waals surface area contributed by atoms with Gasteiger partial charge in [-0.25, -0.2) is 4.79 Å². The molecule has 0 unspecified atom stereocenters. The Morgan fingerprint density at radius 3 is 2.89 bits per heavy atom. The van der Waals surface area contributed by atoms with Crippen molar-refractivity contribution in [1.29, 1.82) is 0 Å². The van der Waals surface area contributed by atoms with Crippen molar-refractivity contribution in [1.82, 2.24) is 0 Å². The molecule has 4 atom stereocenters. The molecule has 1 heterocycles. The van der Waals surface area contributed by atoms with Gasteiger partial charge in [-0.1, -0.05) is 11.6 Å². The highest BCUT2D eigenvalue weighted by Gasteiger charge is 2.49. The molecule has 0 aromatic rings. The molecule has 0 aromatic carbocycles. The minimum absolute atomic E-state index is 0.203. The van der Waals surface area contributed by atoms with Gasteiger partial charge in [-0.15, -0.1) is 0 Å². The van der Waals surface area contributed by atoms with Gasteiger partial charge in [0.2, 0.25) is 0 Å². The smallest absolute Gasteiger partial charge is 0.334 e. The van der Waals surface area contributed by atoms with Crippen LogP contribution in [0.1, 0.15) is 40.0 Å². The number of hydrogen-bond donors (Lipinski definition) is 1. The van der Waals surface area contributed by atoms with E-state index in [0.717, 1.165) is 24.0 Å². The van der Waals surface area contributed by atoms with Crippen LogP contribution < -0.4 is 0 Å². The summed E-state index contributed by atoms with van der Waals surface area (Å²) in [5.41, 5.74) is 2.47. The standard InChI is InChI=1S/C15H20O3/c1-8-4-5-12-10(8)6-11-9(2)14(16)18-13(11)7-15(12,3)17/h4,10,12-13,17H,5-7H2,1-3H3/t10-,12+,13-,15+/m0/s1. The zero-order valence-electron chi connectivity index (χ0n) is 11.2. The van der Waals surface area contributed by atoms with E-state index >= 15 is 0 Å². The second kappa shape index (κ2) is 3.70. The Kier molecular flexibility index (Phi) is 2.46. The largest absolute Gasteiger partial charge is 0.454 e. The number of fused-ring (bicyclic) bond motifs is 2. The number of ether oxygens (including phenoxy) is 1. The van der Waals surface area contributed by atoms with Crippen molar-refractivity contribution in [3.63, 3.8) is 0 Å². The summed E-state index contributed by atoms with van der Waals surface area (Å²) in [6.45, 7) is 5.87. The van der Waals surface area contributed by atoms with Crippen LogP contribution in [0.15, 0.2) is 22.8 Å². The van der Waals surface area contributed by atoms with Gasteiger partial charge >= 0.3 is 5.97 Å². The molecular formula is C15H20O3. The number of aliphatic hydroxyl groups is 1. The van der Waals surface area contributed by atoms with Gasteiger partial charge in [-0.05, 0) is 51.0 Å². The first-order valence-corrected chi connectivity index (χ1v) is 6.70. The van der Waals surface area contributed by atoms with E-state index in [2.05, 4.69) is 13.0 Å². The topological polar surface area (TPSA) is 46.5 Å². The molecule has 3 heteroatoms. The number of carbonyl (C=O) groups is 1. The summed E-state index contributed by atoms with van der Waals surface area (Å²) in [5.74, 6) is 0.426. The molecule has 98 valence electrons. The van der Waals surface area contributed by atoms with Crippen LogP contribution in [-0.2, 0) is 9.53 Å². The van der Waals surface area contributed by atoms with Crippen molar-refractivity contribution < 1.29 is 14.6 Å². The molecule has 1 fully saturated rings. The highest BCUT2D eigenvalue weighted by atomic mass is 16.5. The first-order chi connectivity index (χ1) is 8.40. The molecule has 18 heavy (non-hydrogen) atoms. The Morgan fingerprint density at radius 1 is 1.44 bits per heavy atom. The third kappa shape index (κ3) is 1.57. The van der Waals surface area contributed by atoms with Crippen molar-refractivity contribution in [3.8, 4) is 0 Å². The van der Waals surface area contributed by atoms with Crippen LogP contribution in [-0.4, -0.2) is 22.8 Å². The van der Waals surface area contributed by atoms with E-state index < -0.39 is 5.60 Å². The Labute approximate surface area is 108 Å². The average Bonchev–Trinajstić information content (AvgIpc) is 2.72. The minimum atomic E-state index is -0.754. The average molecular weight is 248 g/mol. The highest BCUT2D eigenvalue weighted by molar-refractivity contribution is 5.91. The van der Waals surface area contributed by atoms with Crippen LogP contribution in [0.4, 0.5) is 0 Å². The summed E-state index contributed by atoms with van der Waals surface area (Å²) in [6, 6.07) is 0. The zero-order valence-corrected chi connectivity index (χ0v) is 11.2. The molecule has 2 aliphatic carbocycles. The fourth-order valence-corrected chi connectivity index (χ4v) is 3.81. The van der Waals surface area contributed by atoms with Crippen molar-refractivity contribution in [2.24, 2.45) is 11.8 Å². The summed E-state index contributed by atoms with van der Waals surface area (Å²) < 4.78 is 5.40. The third-order valence-electron chi connectivity index (χ3n) is 5.03. The van der Waals surface area contributed by atoms with Crippen LogP contribution in [0, 0.1) is 11.8 Å². The second-order valence-corrected chi connectivity index (χ2v) is 6.21. The molecular weight excluding hydrogens is 228 g/mol. The molecule has 3 rings (SSSR count). The van der Waals surface area contributed by atoms with Gasteiger partial charge in [0.1, 0.15) is 6.10 Å². The maximum absolute atomic E-state index is 11.7. The monoisotopic (exact) mass is 248 g/mol. The molecule has 0 aromatic heterocycles. The predicted octanol–water partition coefficient (Wildman–Crippen LogP) is 2.36. The van der Waals surface area contributed by atoms with Gasteiger partial charge in [0.15, 0.2) is 0 Å². The quantitative estimate of drug-likeness (QED) is 0.529. The van der Waals surface area contributed by atoms with E-state index in [9.17, 15) is 9.90 Å². The summed E-state index contributed by atoms with van der Waals surface area (Å²) in [7, 11) is 0. The van der Waals surface area contributed by atoms with E-state index in [1.54, 1.807) is 0 Å². The lowest BCUT2D eigenvalue weighted by Gasteiger charge is -2.33. The summed E-state index contributed by atoms with van der Waals surface area (Å²) in [5, 5.41) is 10.7. The van der Waals surface area contributed by atoms with Crippen LogP contribution in [0.2, 0.25) is 0 Å². The molecule has 0 radical (unpaired) electrons. The van der Waals surface area contributed by atoms with E-state index in [1.807, 2.05) is 13.8 Å². The Bertz CT molecular complexity index is 470. The number of esters is 1. The number of hydrogen-bond acceptors (Lipinski definition) is 3. The molecule has 3 aliphatic rings. The molecule has 0 saturated heterocycles. The Hall–Kier alpha value is -1.09. The van der Waals surface area contributed by atoms with Gasteiger partial charge in [-0.2, -0.15) is 0 Å². The van der Waals surface area contributed by atoms with Crippen molar-refractivity contribution in [2.45, 2.75) is 51.7 Å². The summed E-state index contributed by atoms with van der Waals surface area (Å²) >= 11 is 0. The molecule has 0 spiro atoms. The highest BCUT2D eigenvalue weighted by Crippen LogP contribution is 2.49. The van der Waals surface area contributed by atoms with Crippen molar-refractivity contribution in [2.75, 3.05) is 0 Å². The van der Waals surface area contributed by atoms with Crippen LogP contribution in [0.3, 0.4) is 0 Å². The van der Waals surface area contributed by atoms with Gasteiger partial charge in [0.05, 0.1) is 5.60 Å². The maximum atomic E-state index is 11.7. The molecule has 1 saturated carbocycles. The first-order valence-electron chi connectivity index (χ1n) is 6.70. The van der Waals surface area contributed by atoms with Crippen molar-refractivity contribution in [3.05, 3.63) is 22.8 Å². The molecule has 1 aliphatic heterocycles. The number of allylic oxidation sites excluding steroid dienone is 2. The van der Waals surface area contributed by atoms with Crippen LogP contribution in [0.5, 0.6) is 0 Å². The molecule has 0 bridgehead atoms. The van der Waals surface area contributed by atoms with Gasteiger partial charge in [-0.3, -0.25) is 0 Å². The van der Waals surface area contributed by atoms with Crippen LogP contribution in [0.25, 0.3) is 0 Å². The zero-order chi connectivity index (χ0) is 13.1. The van der Waals surface area contributed by atoms with E-state index in [-0.39, 0.29) is 18.0 Å². The van der Waals surface area contributed by atoms with Gasteiger partial charge < -0.3 is 9.84 Å². The normalized spacial score (nSPS) is 43.2. The lowest BCUT2D eigenvalue weighted by atomic mass is 9.78. The second-order valence-electron chi connectivity index (χ2n) is 6.21. The van der Waals surface area contributed by atoms with E-state index in [0.29, 0.717) is 12.3 Å². The maximum Gasteiger partial charge on any atom is 0.334 e. The summed E-state index contributed by atoms with van der Waals surface area (Å²) in [6.07, 6.45) is 4.37. The van der Waals surface area contributed by atoms with Gasteiger partial charge in [0.25, 0.3) is 0 Å². The Balaban J connectivity index is 2.03. The summed E-state index contributed by atoms with van der Waals surface area (Å²) in [4.78, 5) is 11.7. The first kappa shape index (κ1) is 12.0. The Morgan fingerprint density at radius 2 is 2.17 bits per heavy atom. The SMILES string of the molecule is CC1=CC[C@@H]2[C@H]1CC1=C(C)C(=O)O[C@H]1C[C@@]2(C)O. The number of rotatable bonds is 0. The van der Waals surface area contributed by atoms with Crippen LogP contribution >= 0.6 is 0 Å². The van der Waals surface area contributed by atoms with Gasteiger partial charge in [0, 0.05) is 12.0 Å². The lowest BCUT2D eigenvalue weighted by Crippen LogP contribution is -2.38. The van der Waals surface area contributed by atoms with E-state index in [1.165, 1.54) is 5.57 Å². The fraction of sp³-hybridized carbons (Fsp3) is 0.667.